The molecule has 0 spiro atoms. The number of nitrogens with one attached hydrogen (secondary N) is 2. The van der Waals surface area contributed by atoms with Crippen molar-refractivity contribution in [3.63, 3.8) is 0 Å². The van der Waals surface area contributed by atoms with Crippen LogP contribution in [0.5, 0.6) is 0 Å². The molecule has 154 valence electrons. The van der Waals surface area contributed by atoms with Crippen LogP contribution in [0, 0.1) is 13.8 Å². The molecule has 2 heterocycles. The smallest absolute Gasteiger partial charge is 0.310 e. The van der Waals surface area contributed by atoms with Gasteiger partial charge in [-0.05, 0) is 45.7 Å². The van der Waals surface area contributed by atoms with E-state index in [9.17, 15) is 14.4 Å². The van der Waals surface area contributed by atoms with E-state index in [0.29, 0.717) is 18.5 Å². The van der Waals surface area contributed by atoms with Crippen molar-refractivity contribution in [2.24, 2.45) is 7.05 Å². The van der Waals surface area contributed by atoms with Gasteiger partial charge in [0.1, 0.15) is 6.04 Å². The summed E-state index contributed by atoms with van der Waals surface area (Å²) >= 11 is 0. The van der Waals surface area contributed by atoms with E-state index in [4.69, 9.17) is 0 Å². The van der Waals surface area contributed by atoms with Crippen LogP contribution in [0.3, 0.4) is 0 Å². The lowest BCUT2D eigenvalue weighted by Crippen LogP contribution is -2.45. The van der Waals surface area contributed by atoms with Crippen molar-refractivity contribution in [1.29, 1.82) is 0 Å². The van der Waals surface area contributed by atoms with Crippen LogP contribution in [0.25, 0.3) is 0 Å². The first-order chi connectivity index (χ1) is 13.7. The van der Waals surface area contributed by atoms with E-state index in [2.05, 4.69) is 15.7 Å². The number of aromatic nitrogens is 2. The molecule has 0 aliphatic carbocycles. The molecule has 1 aliphatic heterocycles. The number of carbonyl (C=O) groups excluding carboxylic acids is 3. The molecule has 8 nitrogen and oxygen atoms in total. The molecule has 1 aliphatic rings. The summed E-state index contributed by atoms with van der Waals surface area (Å²) in [5.74, 6) is -1.80. The van der Waals surface area contributed by atoms with Gasteiger partial charge in [-0.15, -0.1) is 0 Å². The van der Waals surface area contributed by atoms with Crippen LogP contribution >= 0.6 is 0 Å². The van der Waals surface area contributed by atoms with Crippen molar-refractivity contribution >= 4 is 23.4 Å². The highest BCUT2D eigenvalue weighted by molar-refractivity contribution is 6.35. The second-order valence-electron chi connectivity index (χ2n) is 7.55. The van der Waals surface area contributed by atoms with E-state index in [1.54, 1.807) is 15.6 Å². The van der Waals surface area contributed by atoms with E-state index in [-0.39, 0.29) is 11.9 Å². The van der Waals surface area contributed by atoms with Crippen molar-refractivity contribution in [3.05, 3.63) is 46.8 Å². The molecule has 0 bridgehead atoms. The summed E-state index contributed by atoms with van der Waals surface area (Å²) in [4.78, 5) is 39.1. The Bertz CT molecular complexity index is 963. The fourth-order valence-corrected chi connectivity index (χ4v) is 3.77. The van der Waals surface area contributed by atoms with Crippen LogP contribution in [0.2, 0.25) is 0 Å². The van der Waals surface area contributed by atoms with E-state index in [1.165, 1.54) is 0 Å². The quantitative estimate of drug-likeness (QED) is 0.744. The molecule has 8 heteroatoms. The monoisotopic (exact) mass is 397 g/mol. The van der Waals surface area contributed by atoms with Gasteiger partial charge >= 0.3 is 11.8 Å². The minimum absolute atomic E-state index is 0.0506. The highest BCUT2D eigenvalue weighted by Gasteiger charge is 2.39. The molecule has 1 aromatic heterocycles. The van der Waals surface area contributed by atoms with Gasteiger partial charge in [0, 0.05) is 36.6 Å². The first-order valence-electron chi connectivity index (χ1n) is 9.72. The maximum atomic E-state index is 12.8. The van der Waals surface area contributed by atoms with E-state index in [0.717, 1.165) is 22.6 Å². The summed E-state index contributed by atoms with van der Waals surface area (Å²) < 4.78 is 1.79. The number of rotatable bonds is 5. The predicted octanol–water partition coefficient (Wildman–Crippen LogP) is 1.31. The third-order valence-electron chi connectivity index (χ3n) is 5.31. The van der Waals surface area contributed by atoms with Crippen LogP contribution in [0.15, 0.2) is 24.3 Å². The number of anilines is 1. The SMILES string of the molecule is Cc1nn(C)c(C)c1CCNC(=O)C(=O)N[C@H]1C(=O)N(C(C)C)c2ccccc21. The molecule has 2 N–H and O–H groups in total. The Morgan fingerprint density at radius 3 is 2.48 bits per heavy atom. The topological polar surface area (TPSA) is 96.3 Å². The molecule has 0 saturated carbocycles. The Hall–Kier alpha value is -3.16. The van der Waals surface area contributed by atoms with Crippen LogP contribution in [-0.2, 0) is 27.9 Å². The molecule has 3 amide bonds. The highest BCUT2D eigenvalue weighted by atomic mass is 16.2. The average Bonchev–Trinajstić information content (AvgIpc) is 3.09. The number of amides is 3. The van der Waals surface area contributed by atoms with Gasteiger partial charge in [0.05, 0.1) is 5.69 Å². The standard InChI is InChI=1S/C21H27N5O3/c1-12(2)26-17-9-7-6-8-16(17)18(21(26)29)23-20(28)19(27)22-11-10-15-13(3)24-25(5)14(15)4/h6-9,12,18H,10-11H2,1-5H3,(H,22,27)(H,23,28)/t18-/m1/s1. The fraction of sp³-hybridized carbons (Fsp3) is 0.429. The zero-order valence-electron chi connectivity index (χ0n) is 17.4. The number of hydrogen-bond acceptors (Lipinski definition) is 4. The van der Waals surface area contributed by atoms with Gasteiger partial charge in [0.25, 0.3) is 5.91 Å². The van der Waals surface area contributed by atoms with Gasteiger partial charge in [-0.3, -0.25) is 19.1 Å². The second-order valence-corrected chi connectivity index (χ2v) is 7.55. The Balaban J connectivity index is 1.62. The van der Waals surface area contributed by atoms with Crippen molar-refractivity contribution in [3.8, 4) is 0 Å². The zero-order valence-corrected chi connectivity index (χ0v) is 17.4. The maximum absolute atomic E-state index is 12.8. The number of carbonyl (C=O) groups is 3. The van der Waals surface area contributed by atoms with E-state index >= 15 is 0 Å². The Kier molecular flexibility index (Phi) is 5.72. The number of fused-ring (bicyclic) bond motifs is 1. The molecule has 2 aromatic rings. The summed E-state index contributed by atoms with van der Waals surface area (Å²) in [6, 6.07) is 6.40. The minimum Gasteiger partial charge on any atom is -0.348 e. The van der Waals surface area contributed by atoms with E-state index < -0.39 is 17.9 Å². The molecule has 1 atom stereocenters. The number of para-hydroxylation sites is 1. The first kappa shape index (κ1) is 20.6. The molecule has 1 aromatic carbocycles. The molecule has 0 saturated heterocycles. The minimum atomic E-state index is -0.852. The third-order valence-corrected chi connectivity index (χ3v) is 5.31. The highest BCUT2D eigenvalue weighted by Crippen LogP contribution is 2.36. The summed E-state index contributed by atoms with van der Waals surface area (Å²) in [7, 11) is 1.87. The average molecular weight is 397 g/mol. The van der Waals surface area contributed by atoms with Gasteiger partial charge in [0.2, 0.25) is 0 Å². The lowest BCUT2D eigenvalue weighted by atomic mass is 10.1. The van der Waals surface area contributed by atoms with Gasteiger partial charge in [-0.25, -0.2) is 0 Å². The maximum Gasteiger partial charge on any atom is 0.310 e. The Morgan fingerprint density at radius 2 is 1.86 bits per heavy atom. The van der Waals surface area contributed by atoms with Gasteiger partial charge in [-0.2, -0.15) is 5.10 Å². The van der Waals surface area contributed by atoms with Crippen molar-refractivity contribution in [2.75, 3.05) is 11.4 Å². The number of hydrogen-bond donors (Lipinski definition) is 2. The van der Waals surface area contributed by atoms with Crippen LogP contribution in [0.1, 0.15) is 42.4 Å². The largest absolute Gasteiger partial charge is 0.348 e. The summed E-state index contributed by atoms with van der Waals surface area (Å²) in [6.45, 7) is 8.02. The Labute approximate surface area is 170 Å². The molecular weight excluding hydrogens is 370 g/mol. The van der Waals surface area contributed by atoms with Crippen LogP contribution in [-0.4, -0.2) is 40.1 Å². The fourth-order valence-electron chi connectivity index (χ4n) is 3.77. The summed E-state index contributed by atoms with van der Waals surface area (Å²) in [5, 5.41) is 9.56. The van der Waals surface area contributed by atoms with Crippen LogP contribution in [0.4, 0.5) is 5.69 Å². The number of aryl methyl sites for hydroxylation is 2. The predicted molar refractivity (Wildman–Crippen MR) is 109 cm³/mol. The first-order valence-corrected chi connectivity index (χ1v) is 9.72. The zero-order chi connectivity index (χ0) is 21.3. The van der Waals surface area contributed by atoms with Crippen molar-refractivity contribution in [2.45, 2.75) is 46.2 Å². The lowest BCUT2D eigenvalue weighted by Gasteiger charge is -2.22. The summed E-state index contributed by atoms with van der Waals surface area (Å²) in [6.07, 6.45) is 0.580. The van der Waals surface area contributed by atoms with Gasteiger partial charge < -0.3 is 15.5 Å². The molecular formula is C21H27N5O3. The molecule has 0 fully saturated rings. The molecule has 0 radical (unpaired) electrons. The molecule has 0 unspecified atom stereocenters. The third kappa shape index (κ3) is 3.87. The van der Waals surface area contributed by atoms with E-state index in [1.807, 2.05) is 52.9 Å². The Morgan fingerprint density at radius 1 is 1.17 bits per heavy atom. The molecule has 3 rings (SSSR count). The summed E-state index contributed by atoms with van der Waals surface area (Å²) in [5.41, 5.74) is 4.46. The number of nitrogens with zero attached hydrogens (tertiary/aromatic N) is 3. The normalized spacial score (nSPS) is 15.6. The van der Waals surface area contributed by atoms with Gasteiger partial charge in [0.15, 0.2) is 0 Å². The van der Waals surface area contributed by atoms with Crippen molar-refractivity contribution < 1.29 is 14.4 Å². The van der Waals surface area contributed by atoms with Crippen LogP contribution < -0.4 is 15.5 Å². The second kappa shape index (κ2) is 8.06. The van der Waals surface area contributed by atoms with Gasteiger partial charge in [-0.1, -0.05) is 18.2 Å². The molecule has 29 heavy (non-hydrogen) atoms. The number of benzene rings is 1. The van der Waals surface area contributed by atoms with Crippen molar-refractivity contribution in [1.82, 2.24) is 20.4 Å². The lowest BCUT2D eigenvalue weighted by molar-refractivity contribution is -0.140.